The molecule has 22 heavy (non-hydrogen) atoms. The quantitative estimate of drug-likeness (QED) is 0.335. The van der Waals surface area contributed by atoms with Crippen molar-refractivity contribution in [3.05, 3.63) is 0 Å². The second kappa shape index (κ2) is 14.6. The molecule has 0 saturated heterocycles. The van der Waals surface area contributed by atoms with Gasteiger partial charge in [-0.05, 0) is 27.2 Å². The zero-order valence-corrected chi connectivity index (χ0v) is 16.4. The molecule has 0 fully saturated rings. The molecule has 0 rings (SSSR count). The first-order valence-corrected chi connectivity index (χ1v) is 11.1. The van der Waals surface area contributed by atoms with Gasteiger partial charge < -0.3 is 19.0 Å². The minimum absolute atomic E-state index is 0.104. The highest BCUT2D eigenvalue weighted by molar-refractivity contribution is 6.62. The highest BCUT2D eigenvalue weighted by Gasteiger charge is 2.46. The van der Waals surface area contributed by atoms with Gasteiger partial charge in [0.2, 0.25) is 0 Å². The molecule has 0 aliphatic carbocycles. The molecule has 0 heterocycles. The van der Waals surface area contributed by atoms with Crippen molar-refractivity contribution >= 4 is 8.80 Å². The summed E-state index contributed by atoms with van der Waals surface area (Å²) in [7, 11) is -2.71. The summed E-state index contributed by atoms with van der Waals surface area (Å²) in [6.07, 6.45) is 11.4. The van der Waals surface area contributed by atoms with Gasteiger partial charge >= 0.3 is 8.80 Å². The van der Waals surface area contributed by atoms with E-state index in [-0.39, 0.29) is 5.67 Å². The van der Waals surface area contributed by atoms with Crippen molar-refractivity contribution in [1.82, 2.24) is 0 Å². The van der Waals surface area contributed by atoms with Gasteiger partial charge in [-0.1, -0.05) is 58.3 Å². The summed E-state index contributed by atoms with van der Waals surface area (Å²) in [5.41, 5.74) is 6.27. The number of unbranched alkanes of at least 4 members (excludes halogenated alkanes) is 7. The Hall–Kier alpha value is 0.0569. The van der Waals surface area contributed by atoms with Gasteiger partial charge in [0.15, 0.2) is 0 Å². The Morgan fingerprint density at radius 1 is 0.682 bits per heavy atom. The summed E-state index contributed by atoms with van der Waals surface area (Å²) in [4.78, 5) is 0. The molecule has 0 aliphatic heterocycles. The van der Waals surface area contributed by atoms with Crippen LogP contribution < -0.4 is 5.73 Å². The highest BCUT2D eigenvalue weighted by Crippen LogP contribution is 2.19. The van der Waals surface area contributed by atoms with Gasteiger partial charge in [0.05, 0.1) is 5.67 Å². The Morgan fingerprint density at radius 3 is 1.50 bits per heavy atom. The standard InChI is InChI=1S/C17H39NO3Si/c1-5-9-10-11-12-13-14-15-16-17(18)22(19-6-2,20-7-3)21-8-4/h17H,5-16,18H2,1-4H3. The molecule has 0 bridgehead atoms. The molecular weight excluding hydrogens is 294 g/mol. The first-order chi connectivity index (χ1) is 10.7. The predicted octanol–water partition coefficient (Wildman–Crippen LogP) is 4.43. The predicted molar refractivity (Wildman–Crippen MR) is 95.8 cm³/mol. The zero-order valence-electron chi connectivity index (χ0n) is 15.4. The normalized spacial score (nSPS) is 13.5. The van der Waals surface area contributed by atoms with Gasteiger partial charge in [-0.15, -0.1) is 0 Å². The van der Waals surface area contributed by atoms with E-state index in [1.807, 2.05) is 20.8 Å². The van der Waals surface area contributed by atoms with Gasteiger partial charge in [-0.2, -0.15) is 0 Å². The van der Waals surface area contributed by atoms with Crippen molar-refractivity contribution < 1.29 is 13.3 Å². The Morgan fingerprint density at radius 2 is 1.09 bits per heavy atom. The number of nitrogens with two attached hydrogens (primary N) is 1. The van der Waals surface area contributed by atoms with Crippen LogP contribution in [-0.4, -0.2) is 34.3 Å². The lowest BCUT2D eigenvalue weighted by Crippen LogP contribution is -2.60. The van der Waals surface area contributed by atoms with Crippen LogP contribution in [0.4, 0.5) is 0 Å². The van der Waals surface area contributed by atoms with Crippen LogP contribution in [0.15, 0.2) is 0 Å². The van der Waals surface area contributed by atoms with Gasteiger partial charge in [-0.3, -0.25) is 0 Å². The van der Waals surface area contributed by atoms with Crippen LogP contribution >= 0.6 is 0 Å². The molecule has 2 N–H and O–H groups in total. The lowest BCUT2D eigenvalue weighted by atomic mass is 10.1. The Labute approximate surface area is 139 Å². The van der Waals surface area contributed by atoms with Crippen molar-refractivity contribution in [1.29, 1.82) is 0 Å². The topological polar surface area (TPSA) is 53.7 Å². The summed E-state index contributed by atoms with van der Waals surface area (Å²) in [5.74, 6) is 0. The molecule has 0 radical (unpaired) electrons. The zero-order chi connectivity index (χ0) is 16.7. The van der Waals surface area contributed by atoms with Crippen LogP contribution in [0.2, 0.25) is 0 Å². The third kappa shape index (κ3) is 9.25. The molecule has 0 amide bonds. The fourth-order valence-electron chi connectivity index (χ4n) is 2.72. The third-order valence-corrected chi connectivity index (χ3v) is 7.13. The molecule has 134 valence electrons. The summed E-state index contributed by atoms with van der Waals surface area (Å²) in [5, 5.41) is 0. The number of hydrogen-bond donors (Lipinski definition) is 1. The second-order valence-corrected chi connectivity index (χ2v) is 8.59. The summed E-state index contributed by atoms with van der Waals surface area (Å²) < 4.78 is 17.6. The average molecular weight is 334 g/mol. The van der Waals surface area contributed by atoms with Crippen molar-refractivity contribution in [2.75, 3.05) is 19.8 Å². The molecule has 0 saturated carbocycles. The van der Waals surface area contributed by atoms with E-state index < -0.39 is 8.80 Å². The van der Waals surface area contributed by atoms with Crippen molar-refractivity contribution in [2.45, 2.75) is 91.1 Å². The largest absolute Gasteiger partial charge is 0.518 e. The van der Waals surface area contributed by atoms with E-state index in [9.17, 15) is 0 Å². The number of hydrogen-bond acceptors (Lipinski definition) is 4. The summed E-state index contributed by atoms with van der Waals surface area (Å²) in [6.45, 7) is 9.97. The molecule has 0 spiro atoms. The molecular formula is C17H39NO3Si. The maximum atomic E-state index is 6.38. The van der Waals surface area contributed by atoms with Crippen LogP contribution in [0.5, 0.6) is 0 Å². The van der Waals surface area contributed by atoms with Gasteiger partial charge in [-0.25, -0.2) is 0 Å². The minimum atomic E-state index is -2.71. The van der Waals surface area contributed by atoms with E-state index in [0.29, 0.717) is 19.8 Å². The lowest BCUT2D eigenvalue weighted by Gasteiger charge is -2.33. The molecule has 1 atom stereocenters. The smallest absolute Gasteiger partial charge is 0.373 e. The SMILES string of the molecule is CCCCCCCCCCC(N)[Si](OCC)(OCC)OCC. The van der Waals surface area contributed by atoms with Crippen molar-refractivity contribution in [3.63, 3.8) is 0 Å². The van der Waals surface area contributed by atoms with Gasteiger partial charge in [0.25, 0.3) is 0 Å². The summed E-state index contributed by atoms with van der Waals surface area (Å²) >= 11 is 0. The Balaban J connectivity index is 4.03. The van der Waals surface area contributed by atoms with Crippen molar-refractivity contribution in [3.8, 4) is 0 Å². The molecule has 1 unspecified atom stereocenters. The molecule has 5 heteroatoms. The average Bonchev–Trinajstić information content (AvgIpc) is 2.50. The minimum Gasteiger partial charge on any atom is -0.373 e. The van der Waals surface area contributed by atoms with E-state index in [2.05, 4.69) is 6.92 Å². The van der Waals surface area contributed by atoms with Gasteiger partial charge in [0.1, 0.15) is 0 Å². The van der Waals surface area contributed by atoms with E-state index in [1.54, 1.807) is 0 Å². The first-order valence-electron chi connectivity index (χ1n) is 9.34. The van der Waals surface area contributed by atoms with Crippen LogP contribution in [0.3, 0.4) is 0 Å². The van der Waals surface area contributed by atoms with Crippen LogP contribution in [0, 0.1) is 0 Å². The molecule has 0 aromatic carbocycles. The van der Waals surface area contributed by atoms with Crippen LogP contribution in [-0.2, 0) is 13.3 Å². The van der Waals surface area contributed by atoms with Crippen molar-refractivity contribution in [2.24, 2.45) is 5.73 Å². The third-order valence-electron chi connectivity index (χ3n) is 3.86. The fraction of sp³-hybridized carbons (Fsp3) is 1.00. The maximum Gasteiger partial charge on any atom is 0.518 e. The lowest BCUT2D eigenvalue weighted by molar-refractivity contribution is 0.0610. The maximum absolute atomic E-state index is 6.38. The Bertz CT molecular complexity index is 225. The van der Waals surface area contributed by atoms with E-state index in [0.717, 1.165) is 12.8 Å². The fourth-order valence-corrected chi connectivity index (χ4v) is 5.38. The number of rotatable bonds is 16. The van der Waals surface area contributed by atoms with E-state index in [4.69, 9.17) is 19.0 Å². The molecule has 0 aliphatic rings. The highest BCUT2D eigenvalue weighted by atomic mass is 28.4. The first kappa shape index (κ1) is 22.1. The van der Waals surface area contributed by atoms with Crippen LogP contribution in [0.1, 0.15) is 85.5 Å². The molecule has 0 aromatic rings. The second-order valence-electron chi connectivity index (χ2n) is 5.77. The van der Waals surface area contributed by atoms with Gasteiger partial charge in [0, 0.05) is 19.8 Å². The Kier molecular flexibility index (Phi) is 14.7. The van der Waals surface area contributed by atoms with Crippen LogP contribution in [0.25, 0.3) is 0 Å². The summed E-state index contributed by atoms with van der Waals surface area (Å²) in [6, 6.07) is 0. The van der Waals surface area contributed by atoms with E-state index >= 15 is 0 Å². The molecule has 4 nitrogen and oxygen atoms in total. The molecule has 0 aromatic heterocycles. The monoisotopic (exact) mass is 333 g/mol. The van der Waals surface area contributed by atoms with E-state index in [1.165, 1.54) is 44.9 Å².